The number of likely N-dealkylation sites (N-methyl/N-ethyl adjacent to an activating group) is 1. The van der Waals surface area contributed by atoms with Crippen molar-refractivity contribution in [3.63, 3.8) is 0 Å². The second-order valence-corrected chi connectivity index (χ2v) is 6.41. The average Bonchev–Trinajstić information content (AvgIpc) is 2.54. The van der Waals surface area contributed by atoms with Crippen molar-refractivity contribution in [2.24, 2.45) is 0 Å². The predicted octanol–water partition coefficient (Wildman–Crippen LogP) is 3.07. The fraction of sp³-hybridized carbons (Fsp3) is 0.500. The molecule has 4 heteroatoms. The monoisotopic (exact) mass is 299 g/mol. The van der Waals surface area contributed by atoms with Gasteiger partial charge < -0.3 is 15.0 Å². The van der Waals surface area contributed by atoms with Gasteiger partial charge in [0.15, 0.2) is 0 Å². The van der Waals surface area contributed by atoms with Gasteiger partial charge in [0.2, 0.25) is 0 Å². The highest BCUT2D eigenvalue weighted by Crippen LogP contribution is 2.29. The molecule has 1 saturated heterocycles. The summed E-state index contributed by atoms with van der Waals surface area (Å²) in [7, 11) is 4.34. The van der Waals surface area contributed by atoms with Crippen LogP contribution in [0.4, 0.5) is 5.69 Å². The number of anilines is 1. The van der Waals surface area contributed by atoms with Gasteiger partial charge in [-0.3, -0.25) is 4.98 Å². The number of nitrogens with zero attached hydrogens (tertiary/aromatic N) is 2. The van der Waals surface area contributed by atoms with Gasteiger partial charge in [-0.15, -0.1) is 0 Å². The smallest absolute Gasteiger partial charge is 0.0751 e. The van der Waals surface area contributed by atoms with Gasteiger partial charge in [-0.1, -0.05) is 18.2 Å². The fourth-order valence-electron chi connectivity index (χ4n) is 3.27. The van der Waals surface area contributed by atoms with Gasteiger partial charge in [0, 0.05) is 42.6 Å². The SMILES string of the molecule is Cc1cccc2c(NCC3(N(C)C)CCOCC3)ccnc12. The molecule has 3 rings (SSSR count). The summed E-state index contributed by atoms with van der Waals surface area (Å²) in [4.78, 5) is 6.86. The van der Waals surface area contributed by atoms with Crippen molar-refractivity contribution in [1.29, 1.82) is 0 Å². The van der Waals surface area contributed by atoms with Crippen LogP contribution in [0.3, 0.4) is 0 Å². The molecule has 118 valence electrons. The lowest BCUT2D eigenvalue weighted by Gasteiger charge is -2.43. The predicted molar refractivity (Wildman–Crippen MR) is 91.4 cm³/mol. The standard InChI is InChI=1S/C18H25N3O/c1-14-5-4-6-15-16(7-10-19-17(14)15)20-13-18(21(2)3)8-11-22-12-9-18/h4-7,10H,8-9,11-13H2,1-3H3,(H,19,20). The normalized spacial score (nSPS) is 17.8. The van der Waals surface area contributed by atoms with E-state index >= 15 is 0 Å². The Morgan fingerprint density at radius 1 is 1.23 bits per heavy atom. The molecule has 1 aliphatic heterocycles. The third-order valence-electron chi connectivity index (χ3n) is 4.95. The maximum atomic E-state index is 5.55. The summed E-state index contributed by atoms with van der Waals surface area (Å²) in [5.41, 5.74) is 3.63. The highest BCUT2D eigenvalue weighted by atomic mass is 16.5. The second-order valence-electron chi connectivity index (χ2n) is 6.41. The first-order valence-electron chi connectivity index (χ1n) is 7.96. The van der Waals surface area contributed by atoms with Crippen LogP contribution in [-0.2, 0) is 4.74 Å². The molecule has 22 heavy (non-hydrogen) atoms. The van der Waals surface area contributed by atoms with Gasteiger partial charge in [-0.2, -0.15) is 0 Å². The molecule has 0 atom stereocenters. The van der Waals surface area contributed by atoms with Crippen LogP contribution in [0.5, 0.6) is 0 Å². The number of aryl methyl sites for hydroxylation is 1. The summed E-state index contributed by atoms with van der Waals surface area (Å²) in [5.74, 6) is 0. The molecule has 0 unspecified atom stereocenters. The molecule has 1 aromatic heterocycles. The van der Waals surface area contributed by atoms with Crippen molar-refractivity contribution < 1.29 is 4.74 Å². The van der Waals surface area contributed by atoms with E-state index in [0.717, 1.165) is 38.1 Å². The molecule has 0 bridgehead atoms. The molecule has 0 amide bonds. The third-order valence-corrected chi connectivity index (χ3v) is 4.95. The largest absolute Gasteiger partial charge is 0.383 e. The number of para-hydroxylation sites is 1. The molecular formula is C18H25N3O. The van der Waals surface area contributed by atoms with E-state index in [9.17, 15) is 0 Å². The van der Waals surface area contributed by atoms with Crippen molar-refractivity contribution >= 4 is 16.6 Å². The molecule has 0 saturated carbocycles. The van der Waals surface area contributed by atoms with E-state index in [1.807, 2.05) is 6.20 Å². The van der Waals surface area contributed by atoms with Gasteiger partial charge in [0.05, 0.1) is 5.52 Å². The summed E-state index contributed by atoms with van der Waals surface area (Å²) in [6.45, 7) is 4.72. The van der Waals surface area contributed by atoms with Gasteiger partial charge in [-0.25, -0.2) is 0 Å². The van der Waals surface area contributed by atoms with Gasteiger partial charge in [0.1, 0.15) is 0 Å². The Morgan fingerprint density at radius 2 is 2.00 bits per heavy atom. The Kier molecular flexibility index (Phi) is 4.32. The van der Waals surface area contributed by atoms with E-state index in [2.05, 4.69) is 60.5 Å². The van der Waals surface area contributed by atoms with Gasteiger partial charge in [0.25, 0.3) is 0 Å². The Morgan fingerprint density at radius 3 is 2.73 bits per heavy atom. The van der Waals surface area contributed by atoms with Gasteiger partial charge >= 0.3 is 0 Å². The van der Waals surface area contributed by atoms with Crippen molar-refractivity contribution in [3.05, 3.63) is 36.0 Å². The number of fused-ring (bicyclic) bond motifs is 1. The zero-order valence-corrected chi connectivity index (χ0v) is 13.7. The molecule has 1 fully saturated rings. The number of nitrogens with one attached hydrogen (secondary N) is 1. The van der Waals surface area contributed by atoms with Gasteiger partial charge in [-0.05, 0) is 45.5 Å². The fourth-order valence-corrected chi connectivity index (χ4v) is 3.27. The zero-order valence-electron chi connectivity index (χ0n) is 13.7. The quantitative estimate of drug-likeness (QED) is 0.941. The number of rotatable bonds is 4. The molecular weight excluding hydrogens is 274 g/mol. The first-order chi connectivity index (χ1) is 10.6. The maximum absolute atomic E-state index is 5.55. The van der Waals surface area contributed by atoms with Crippen LogP contribution in [0.15, 0.2) is 30.5 Å². The molecule has 0 aliphatic carbocycles. The van der Waals surface area contributed by atoms with Crippen molar-refractivity contribution in [1.82, 2.24) is 9.88 Å². The van der Waals surface area contributed by atoms with Crippen LogP contribution in [0, 0.1) is 6.92 Å². The molecule has 2 aromatic rings. The van der Waals surface area contributed by atoms with Crippen LogP contribution in [0.2, 0.25) is 0 Å². The number of benzene rings is 1. The number of pyridine rings is 1. The summed E-state index contributed by atoms with van der Waals surface area (Å²) < 4.78 is 5.55. The molecule has 1 N–H and O–H groups in total. The number of ether oxygens (including phenoxy) is 1. The van der Waals surface area contributed by atoms with E-state index in [0.29, 0.717) is 0 Å². The Labute approximate surface area is 132 Å². The summed E-state index contributed by atoms with van der Waals surface area (Å²) in [5, 5.41) is 4.87. The molecule has 1 aliphatic rings. The minimum atomic E-state index is 0.164. The molecule has 0 spiro atoms. The first-order valence-corrected chi connectivity index (χ1v) is 7.96. The third kappa shape index (κ3) is 2.81. The lowest BCUT2D eigenvalue weighted by molar-refractivity contribution is -0.000615. The van der Waals surface area contributed by atoms with Crippen LogP contribution in [0.25, 0.3) is 10.9 Å². The van der Waals surface area contributed by atoms with E-state index in [-0.39, 0.29) is 5.54 Å². The topological polar surface area (TPSA) is 37.4 Å². The summed E-state index contributed by atoms with van der Waals surface area (Å²) in [6.07, 6.45) is 4.02. The summed E-state index contributed by atoms with van der Waals surface area (Å²) >= 11 is 0. The van der Waals surface area contributed by atoms with Crippen LogP contribution in [-0.4, -0.2) is 49.3 Å². The maximum Gasteiger partial charge on any atom is 0.0751 e. The molecule has 4 nitrogen and oxygen atoms in total. The van der Waals surface area contributed by atoms with E-state index in [4.69, 9.17) is 4.74 Å². The molecule has 2 heterocycles. The lowest BCUT2D eigenvalue weighted by Crippen LogP contribution is -2.53. The van der Waals surface area contributed by atoms with Crippen LogP contribution >= 0.6 is 0 Å². The lowest BCUT2D eigenvalue weighted by atomic mass is 9.88. The Bertz CT molecular complexity index is 648. The van der Waals surface area contributed by atoms with E-state index < -0.39 is 0 Å². The van der Waals surface area contributed by atoms with E-state index in [1.54, 1.807) is 0 Å². The van der Waals surface area contributed by atoms with Crippen LogP contribution in [0.1, 0.15) is 18.4 Å². The average molecular weight is 299 g/mol. The van der Waals surface area contributed by atoms with E-state index in [1.165, 1.54) is 16.6 Å². The highest BCUT2D eigenvalue weighted by Gasteiger charge is 2.34. The highest BCUT2D eigenvalue weighted by molar-refractivity contribution is 5.92. The summed E-state index contributed by atoms with van der Waals surface area (Å²) in [6, 6.07) is 8.42. The number of hydrogen-bond donors (Lipinski definition) is 1. The van der Waals surface area contributed by atoms with Crippen molar-refractivity contribution in [2.45, 2.75) is 25.3 Å². The molecule has 0 radical (unpaired) electrons. The Hall–Kier alpha value is -1.65. The second kappa shape index (κ2) is 6.23. The number of aromatic nitrogens is 1. The minimum Gasteiger partial charge on any atom is -0.383 e. The van der Waals surface area contributed by atoms with Crippen molar-refractivity contribution in [3.8, 4) is 0 Å². The van der Waals surface area contributed by atoms with Crippen LogP contribution < -0.4 is 5.32 Å². The first kappa shape index (κ1) is 15.3. The zero-order chi connectivity index (χ0) is 15.6. The Balaban J connectivity index is 1.85. The minimum absolute atomic E-state index is 0.164. The van der Waals surface area contributed by atoms with Crippen molar-refractivity contribution in [2.75, 3.05) is 39.2 Å². The molecule has 1 aromatic carbocycles. The number of hydrogen-bond acceptors (Lipinski definition) is 4.